The minimum absolute atomic E-state index is 0.000908. The van der Waals surface area contributed by atoms with Crippen LogP contribution in [0.5, 0.6) is 5.75 Å². The lowest BCUT2D eigenvalue weighted by Crippen LogP contribution is -2.44. The second-order valence-electron chi connectivity index (χ2n) is 10.1. The largest absolute Gasteiger partial charge is 0.496 e. The molecule has 0 N–H and O–H groups in total. The van der Waals surface area contributed by atoms with Crippen molar-refractivity contribution in [1.29, 1.82) is 0 Å². The van der Waals surface area contributed by atoms with Crippen molar-refractivity contribution in [3.8, 4) is 5.75 Å². The van der Waals surface area contributed by atoms with Crippen LogP contribution in [0.1, 0.15) is 39.6 Å². The van der Waals surface area contributed by atoms with E-state index in [1.54, 1.807) is 45.0 Å². The van der Waals surface area contributed by atoms with Gasteiger partial charge in [-0.25, -0.2) is 8.42 Å². The van der Waals surface area contributed by atoms with Crippen molar-refractivity contribution in [3.63, 3.8) is 0 Å². The number of hydrogen-bond acceptors (Lipinski definition) is 5. The van der Waals surface area contributed by atoms with Crippen LogP contribution in [0.2, 0.25) is 0 Å². The molecule has 1 aliphatic rings. The van der Waals surface area contributed by atoms with Gasteiger partial charge in [-0.2, -0.15) is 17.5 Å². The number of alkyl halides is 3. The highest BCUT2D eigenvalue weighted by molar-refractivity contribution is 7.89. The van der Waals surface area contributed by atoms with Crippen molar-refractivity contribution in [2.45, 2.75) is 44.4 Å². The summed E-state index contributed by atoms with van der Waals surface area (Å²) in [7, 11) is -0.861. The van der Waals surface area contributed by atoms with Gasteiger partial charge in [0.05, 0.1) is 30.2 Å². The van der Waals surface area contributed by atoms with Crippen LogP contribution in [0.4, 0.5) is 13.2 Å². The van der Waals surface area contributed by atoms with Crippen LogP contribution in [-0.2, 0) is 32.3 Å². The molecule has 4 rings (SSSR count). The highest BCUT2D eigenvalue weighted by atomic mass is 32.2. The molecule has 1 aromatic heterocycles. The Morgan fingerprint density at radius 3 is 2.49 bits per heavy atom. The van der Waals surface area contributed by atoms with Crippen LogP contribution in [0, 0.1) is 20.8 Å². The molecule has 3 aromatic rings. The van der Waals surface area contributed by atoms with Crippen molar-refractivity contribution < 1.29 is 35.9 Å². The van der Waals surface area contributed by atoms with Crippen molar-refractivity contribution in [2.24, 2.45) is 0 Å². The molecule has 8 nitrogen and oxygen atoms in total. The van der Waals surface area contributed by atoms with Gasteiger partial charge < -0.3 is 18.9 Å². The Morgan fingerprint density at radius 1 is 1.07 bits per heavy atom. The summed E-state index contributed by atoms with van der Waals surface area (Å²) in [5.41, 5.74) is 2.29. The summed E-state index contributed by atoms with van der Waals surface area (Å²) in [5, 5.41) is 0. The highest BCUT2D eigenvalue weighted by Crippen LogP contribution is 2.36. The van der Waals surface area contributed by atoms with Crippen LogP contribution in [0.15, 0.2) is 53.6 Å². The maximum atomic E-state index is 13.4. The molecule has 0 bridgehead atoms. The Balaban J connectivity index is 1.44. The number of ether oxygens (including phenoxy) is 2. The molecule has 0 radical (unpaired) electrons. The first kappa shape index (κ1) is 30.6. The van der Waals surface area contributed by atoms with Gasteiger partial charge in [0.2, 0.25) is 15.9 Å². The molecule has 1 atom stereocenters. The molecule has 1 unspecified atom stereocenters. The summed E-state index contributed by atoms with van der Waals surface area (Å²) in [5.74, 6) is 0.238. The van der Waals surface area contributed by atoms with E-state index in [-0.39, 0.29) is 31.2 Å². The number of aryl methyl sites for hydroxylation is 1. The van der Waals surface area contributed by atoms with Gasteiger partial charge in [0.25, 0.3) is 0 Å². The molecule has 0 aliphatic carbocycles. The average molecular weight is 594 g/mol. The molecule has 1 amide bonds. The Hall–Kier alpha value is -3.35. The number of nitrogens with zero attached hydrogens (tertiary/aromatic N) is 3. The zero-order valence-corrected chi connectivity index (χ0v) is 24.5. The van der Waals surface area contributed by atoms with E-state index in [0.717, 1.165) is 17.7 Å². The summed E-state index contributed by atoms with van der Waals surface area (Å²) in [6.45, 7) is 5.69. The lowest BCUT2D eigenvalue weighted by Gasteiger charge is -2.37. The minimum atomic E-state index is -4.52. The van der Waals surface area contributed by atoms with Gasteiger partial charge in [-0.3, -0.25) is 4.79 Å². The molecule has 1 aliphatic heterocycles. The van der Waals surface area contributed by atoms with Crippen molar-refractivity contribution in [3.05, 3.63) is 82.2 Å². The van der Waals surface area contributed by atoms with Crippen LogP contribution in [0.25, 0.3) is 0 Å². The number of fused-ring (bicyclic) bond motifs is 1. The van der Waals surface area contributed by atoms with Crippen molar-refractivity contribution in [2.75, 3.05) is 40.5 Å². The summed E-state index contributed by atoms with van der Waals surface area (Å²) in [6.07, 6.45) is -2.68. The van der Waals surface area contributed by atoms with Gasteiger partial charge in [0, 0.05) is 38.6 Å². The highest BCUT2D eigenvalue weighted by Gasteiger charge is 2.35. The van der Waals surface area contributed by atoms with Gasteiger partial charge in [-0.1, -0.05) is 12.1 Å². The van der Waals surface area contributed by atoms with E-state index in [9.17, 15) is 26.4 Å². The van der Waals surface area contributed by atoms with E-state index in [1.165, 1.54) is 29.4 Å². The van der Waals surface area contributed by atoms with Gasteiger partial charge in [0.1, 0.15) is 12.4 Å². The third kappa shape index (κ3) is 6.14. The number of rotatable bonds is 9. The zero-order valence-electron chi connectivity index (χ0n) is 23.7. The fourth-order valence-electron chi connectivity index (χ4n) is 5.21. The summed E-state index contributed by atoms with van der Waals surface area (Å²) in [4.78, 5) is 14.9. The predicted molar refractivity (Wildman–Crippen MR) is 147 cm³/mol. The first-order valence-corrected chi connectivity index (χ1v) is 14.5. The topological polar surface area (TPSA) is 81.1 Å². The molecule has 0 saturated heterocycles. The minimum Gasteiger partial charge on any atom is -0.496 e. The molecular formula is C29H34F3N3O5S. The van der Waals surface area contributed by atoms with E-state index >= 15 is 0 Å². The number of carbonyl (C=O) groups is 1. The quantitative estimate of drug-likeness (QED) is 0.336. The van der Waals surface area contributed by atoms with Crippen molar-refractivity contribution in [1.82, 2.24) is 13.8 Å². The van der Waals surface area contributed by atoms with E-state index in [2.05, 4.69) is 0 Å². The fraction of sp³-hybridized carbons (Fsp3) is 0.414. The third-order valence-electron chi connectivity index (χ3n) is 7.54. The smallest absolute Gasteiger partial charge is 0.416 e. The van der Waals surface area contributed by atoms with Crippen LogP contribution in [-0.4, -0.2) is 68.6 Å². The number of amides is 1. The number of carbonyl (C=O) groups excluding carboxylic acids is 1. The predicted octanol–water partition coefficient (Wildman–Crippen LogP) is 4.71. The second kappa shape index (κ2) is 11.9. The summed E-state index contributed by atoms with van der Waals surface area (Å²) >= 11 is 0. The average Bonchev–Trinajstić information content (AvgIpc) is 3.41. The molecule has 2 heterocycles. The van der Waals surface area contributed by atoms with E-state index in [1.807, 2.05) is 10.8 Å². The van der Waals surface area contributed by atoms with E-state index in [4.69, 9.17) is 9.47 Å². The maximum absolute atomic E-state index is 13.4. The van der Waals surface area contributed by atoms with Crippen LogP contribution in [0.3, 0.4) is 0 Å². The third-order valence-corrected chi connectivity index (χ3v) is 9.52. The van der Waals surface area contributed by atoms with Crippen LogP contribution < -0.4 is 4.74 Å². The molecule has 0 fully saturated rings. The van der Waals surface area contributed by atoms with Gasteiger partial charge in [-0.05, 0) is 73.4 Å². The second-order valence-corrected chi connectivity index (χ2v) is 12.1. The number of aromatic nitrogens is 1. The number of likely N-dealkylation sites (N-methyl/N-ethyl adjacent to an activating group) is 1. The lowest BCUT2D eigenvalue weighted by atomic mass is 9.97. The number of sulfonamides is 1. The van der Waals surface area contributed by atoms with Gasteiger partial charge in [0.15, 0.2) is 0 Å². The van der Waals surface area contributed by atoms with Crippen LogP contribution >= 0.6 is 0 Å². The molecule has 0 saturated carbocycles. The van der Waals surface area contributed by atoms with Crippen molar-refractivity contribution >= 4 is 15.9 Å². The van der Waals surface area contributed by atoms with Gasteiger partial charge in [-0.15, -0.1) is 0 Å². The summed E-state index contributed by atoms with van der Waals surface area (Å²) in [6, 6.07) is 9.43. The first-order valence-electron chi connectivity index (χ1n) is 13.1. The Bertz CT molecular complexity index is 1530. The number of halogens is 3. The SMILES string of the molecule is COc1c(C)cc(S(=O)(=O)N(C)CCOCC(=O)N2CCn3cccc3C2c2cccc(C(F)(F)F)c2)c(C)c1C. The standard InChI is InChI=1S/C29H34F3N3O5S/c1-19-16-25(20(2)21(3)28(19)39-5)41(37,38)33(4)14-15-40-18-26(36)35-13-12-34-11-7-10-24(34)27(35)22-8-6-9-23(17-22)29(30,31)32/h6-11,16-17,27H,12-15,18H2,1-5H3. The molecule has 0 spiro atoms. The fourth-order valence-corrected chi connectivity index (χ4v) is 6.73. The number of methoxy groups -OCH3 is 1. The molecule has 222 valence electrons. The molecule has 2 aromatic carbocycles. The molecule has 12 heteroatoms. The lowest BCUT2D eigenvalue weighted by molar-refractivity contribution is -0.139. The van der Waals surface area contributed by atoms with E-state index in [0.29, 0.717) is 34.7 Å². The van der Waals surface area contributed by atoms with Gasteiger partial charge >= 0.3 is 6.18 Å². The molecular weight excluding hydrogens is 559 g/mol. The normalized spacial score (nSPS) is 15.7. The Morgan fingerprint density at radius 2 is 1.80 bits per heavy atom. The Labute approximate surface area is 238 Å². The first-order chi connectivity index (χ1) is 19.3. The van der Waals surface area contributed by atoms with E-state index < -0.39 is 33.7 Å². The molecule has 41 heavy (non-hydrogen) atoms. The number of hydrogen-bond donors (Lipinski definition) is 0. The monoisotopic (exact) mass is 593 g/mol. The number of benzene rings is 2. The summed E-state index contributed by atoms with van der Waals surface area (Å²) < 4.78 is 80.9. The maximum Gasteiger partial charge on any atom is 0.416 e. The Kier molecular flexibility index (Phi) is 8.86. The zero-order chi connectivity index (χ0) is 30.1.